The van der Waals surface area contributed by atoms with Crippen LogP contribution in [0.1, 0.15) is 29.3 Å². The van der Waals surface area contributed by atoms with Gasteiger partial charge in [-0.2, -0.15) is 11.8 Å². The summed E-state index contributed by atoms with van der Waals surface area (Å²) >= 11 is 6.69. The van der Waals surface area contributed by atoms with Gasteiger partial charge < -0.3 is 10.6 Å². The molecule has 19 heavy (non-hydrogen) atoms. The maximum Gasteiger partial charge on any atom is 0.253 e. The molecule has 1 amide bonds. The van der Waals surface area contributed by atoms with Crippen LogP contribution in [-0.2, 0) is 0 Å². The molecule has 0 aliphatic rings. The fraction of sp³-hybridized carbons (Fsp3) is 0.429. The van der Waals surface area contributed by atoms with E-state index in [1.165, 1.54) is 0 Å². The lowest BCUT2D eigenvalue weighted by Crippen LogP contribution is -2.38. The zero-order valence-corrected chi connectivity index (χ0v) is 13.2. The van der Waals surface area contributed by atoms with Crippen molar-refractivity contribution in [3.8, 4) is 0 Å². The average Bonchev–Trinajstić information content (AvgIpc) is 2.43. The highest BCUT2D eigenvalue weighted by molar-refractivity contribution is 7.98. The number of thiocarbonyl (C=S) groups is 1. The first-order chi connectivity index (χ1) is 9.01. The molecule has 104 valence electrons. The minimum absolute atomic E-state index is 0.0130. The Balaban J connectivity index is 2.92. The van der Waals surface area contributed by atoms with Gasteiger partial charge in [-0.1, -0.05) is 31.3 Å². The molecule has 0 heterocycles. The number of nitrogens with zero attached hydrogens (tertiary/aromatic N) is 1. The predicted molar refractivity (Wildman–Crippen MR) is 86.9 cm³/mol. The first-order valence-corrected chi connectivity index (χ1v) is 7.97. The molecule has 0 saturated heterocycles. The summed E-state index contributed by atoms with van der Waals surface area (Å²) in [6.07, 6.45) is 2.99. The number of amides is 1. The standard InChI is InChI=1S/C14H20N2OS2/c1-4-12(9-19-3)16(2)14(17)11-7-5-6-10(8-11)13(15)18/h5-8,12H,4,9H2,1-3H3,(H2,15,18). The van der Waals surface area contributed by atoms with Crippen LogP contribution >= 0.6 is 24.0 Å². The second kappa shape index (κ2) is 7.50. The van der Waals surface area contributed by atoms with Crippen LogP contribution in [0.4, 0.5) is 0 Å². The molecule has 1 unspecified atom stereocenters. The third-order valence-electron chi connectivity index (χ3n) is 3.09. The van der Waals surface area contributed by atoms with Crippen molar-refractivity contribution >= 4 is 34.9 Å². The summed E-state index contributed by atoms with van der Waals surface area (Å²) < 4.78 is 0. The molecule has 1 atom stereocenters. The van der Waals surface area contributed by atoms with Gasteiger partial charge in [-0.25, -0.2) is 0 Å². The van der Waals surface area contributed by atoms with Gasteiger partial charge in [0, 0.05) is 30.0 Å². The van der Waals surface area contributed by atoms with E-state index in [4.69, 9.17) is 18.0 Å². The molecule has 1 rings (SSSR count). The highest BCUT2D eigenvalue weighted by Crippen LogP contribution is 2.14. The second-order valence-corrected chi connectivity index (χ2v) is 5.73. The van der Waals surface area contributed by atoms with Crippen LogP contribution in [0.2, 0.25) is 0 Å². The van der Waals surface area contributed by atoms with Crippen molar-refractivity contribution in [2.45, 2.75) is 19.4 Å². The number of nitrogens with two attached hydrogens (primary N) is 1. The monoisotopic (exact) mass is 296 g/mol. The van der Waals surface area contributed by atoms with Gasteiger partial charge >= 0.3 is 0 Å². The van der Waals surface area contributed by atoms with Crippen LogP contribution in [0.3, 0.4) is 0 Å². The molecule has 0 aromatic heterocycles. The minimum atomic E-state index is 0.0130. The third-order valence-corrected chi connectivity index (χ3v) is 4.05. The molecule has 1 aromatic carbocycles. The summed E-state index contributed by atoms with van der Waals surface area (Å²) in [6.45, 7) is 2.09. The van der Waals surface area contributed by atoms with E-state index in [0.29, 0.717) is 10.6 Å². The summed E-state index contributed by atoms with van der Waals surface area (Å²) in [5.41, 5.74) is 6.96. The maximum absolute atomic E-state index is 12.4. The Morgan fingerprint density at radius 3 is 2.63 bits per heavy atom. The zero-order valence-electron chi connectivity index (χ0n) is 11.6. The van der Waals surface area contributed by atoms with Crippen LogP contribution in [0, 0.1) is 0 Å². The summed E-state index contributed by atoms with van der Waals surface area (Å²) in [4.78, 5) is 14.5. The number of thioether (sulfide) groups is 1. The van der Waals surface area contributed by atoms with Crippen molar-refractivity contribution in [1.29, 1.82) is 0 Å². The van der Waals surface area contributed by atoms with Crippen LogP contribution in [0.15, 0.2) is 24.3 Å². The molecule has 0 bridgehead atoms. The molecular weight excluding hydrogens is 276 g/mol. The van der Waals surface area contributed by atoms with E-state index in [1.54, 1.807) is 28.8 Å². The number of hydrogen-bond acceptors (Lipinski definition) is 3. The largest absolute Gasteiger partial charge is 0.389 e. The fourth-order valence-corrected chi connectivity index (χ4v) is 2.84. The first-order valence-electron chi connectivity index (χ1n) is 6.17. The van der Waals surface area contributed by atoms with E-state index >= 15 is 0 Å². The Kier molecular flexibility index (Phi) is 6.31. The van der Waals surface area contributed by atoms with E-state index in [2.05, 4.69) is 13.2 Å². The fourth-order valence-electron chi connectivity index (χ4n) is 1.87. The highest BCUT2D eigenvalue weighted by Gasteiger charge is 2.19. The Morgan fingerprint density at radius 1 is 1.47 bits per heavy atom. The Bertz CT molecular complexity index is 463. The molecule has 5 heteroatoms. The molecule has 0 aliphatic heterocycles. The molecule has 0 aliphatic carbocycles. The first kappa shape index (κ1) is 16.0. The molecule has 1 aromatic rings. The van der Waals surface area contributed by atoms with Crippen LogP contribution in [0.5, 0.6) is 0 Å². The molecule has 2 N–H and O–H groups in total. The van der Waals surface area contributed by atoms with E-state index in [0.717, 1.165) is 17.7 Å². The minimum Gasteiger partial charge on any atom is -0.389 e. The molecule has 0 saturated carbocycles. The number of benzene rings is 1. The van der Waals surface area contributed by atoms with Gasteiger partial charge in [-0.15, -0.1) is 0 Å². The van der Waals surface area contributed by atoms with E-state index in [-0.39, 0.29) is 11.9 Å². The van der Waals surface area contributed by atoms with Crippen LogP contribution < -0.4 is 5.73 Å². The molecule has 3 nitrogen and oxygen atoms in total. The summed E-state index contributed by atoms with van der Waals surface area (Å²) in [6, 6.07) is 7.43. The van der Waals surface area contributed by atoms with Gasteiger partial charge in [0.25, 0.3) is 5.91 Å². The van der Waals surface area contributed by atoms with Gasteiger partial charge in [0.05, 0.1) is 0 Å². The zero-order chi connectivity index (χ0) is 14.4. The topological polar surface area (TPSA) is 46.3 Å². The summed E-state index contributed by atoms with van der Waals surface area (Å²) in [5, 5.41) is 0. The lowest BCUT2D eigenvalue weighted by atomic mass is 10.1. The Morgan fingerprint density at radius 2 is 2.11 bits per heavy atom. The van der Waals surface area contributed by atoms with Crippen molar-refractivity contribution in [3.63, 3.8) is 0 Å². The quantitative estimate of drug-likeness (QED) is 0.820. The summed E-state index contributed by atoms with van der Waals surface area (Å²) in [5.74, 6) is 0.951. The normalized spacial score (nSPS) is 11.9. The van der Waals surface area contributed by atoms with Gasteiger partial charge in [0.2, 0.25) is 0 Å². The van der Waals surface area contributed by atoms with Gasteiger partial charge in [0.15, 0.2) is 0 Å². The molecule has 0 fully saturated rings. The van der Waals surface area contributed by atoms with Crippen molar-refractivity contribution < 1.29 is 4.79 Å². The number of rotatable bonds is 6. The number of carbonyl (C=O) groups excluding carboxylic acids is 1. The Labute approximate surface area is 124 Å². The SMILES string of the molecule is CCC(CSC)N(C)C(=O)c1cccc(C(N)=S)c1. The van der Waals surface area contributed by atoms with Crippen molar-refractivity contribution in [2.24, 2.45) is 5.73 Å². The van der Waals surface area contributed by atoms with E-state index in [9.17, 15) is 4.79 Å². The molecule has 0 radical (unpaired) electrons. The van der Waals surface area contributed by atoms with Crippen LogP contribution in [0.25, 0.3) is 0 Å². The second-order valence-electron chi connectivity index (χ2n) is 4.38. The maximum atomic E-state index is 12.4. The lowest BCUT2D eigenvalue weighted by Gasteiger charge is -2.27. The highest BCUT2D eigenvalue weighted by atomic mass is 32.2. The van der Waals surface area contributed by atoms with Gasteiger partial charge in [0.1, 0.15) is 4.99 Å². The predicted octanol–water partition coefficient (Wildman–Crippen LogP) is 2.53. The van der Waals surface area contributed by atoms with E-state index < -0.39 is 0 Å². The Hall–Kier alpha value is -1.07. The van der Waals surface area contributed by atoms with Crippen molar-refractivity contribution in [1.82, 2.24) is 4.90 Å². The van der Waals surface area contributed by atoms with Crippen LogP contribution in [-0.4, -0.2) is 40.9 Å². The number of hydrogen-bond donors (Lipinski definition) is 1. The van der Waals surface area contributed by atoms with Gasteiger partial charge in [-0.05, 0) is 24.8 Å². The number of carbonyl (C=O) groups is 1. The molecular formula is C14H20N2OS2. The smallest absolute Gasteiger partial charge is 0.253 e. The van der Waals surface area contributed by atoms with Gasteiger partial charge in [-0.3, -0.25) is 4.79 Å². The van der Waals surface area contributed by atoms with E-state index in [1.807, 2.05) is 19.2 Å². The average molecular weight is 296 g/mol. The van der Waals surface area contributed by atoms with Crippen molar-refractivity contribution in [3.05, 3.63) is 35.4 Å². The summed E-state index contributed by atoms with van der Waals surface area (Å²) in [7, 11) is 1.85. The van der Waals surface area contributed by atoms with Crippen molar-refractivity contribution in [2.75, 3.05) is 19.1 Å². The third kappa shape index (κ3) is 4.21. The lowest BCUT2D eigenvalue weighted by molar-refractivity contribution is 0.0743. The molecule has 0 spiro atoms.